The van der Waals surface area contributed by atoms with Gasteiger partial charge in [0.25, 0.3) is 0 Å². The lowest BCUT2D eigenvalue weighted by molar-refractivity contribution is 0.591. The summed E-state index contributed by atoms with van der Waals surface area (Å²) in [5.74, 6) is 0. The molecule has 86 valence electrons. The second-order valence-electron chi connectivity index (χ2n) is 5.42. The van der Waals surface area contributed by atoms with Gasteiger partial charge in [-0.3, -0.25) is 0 Å². The molecule has 0 saturated heterocycles. The Bertz CT molecular complexity index is 613. The van der Waals surface area contributed by atoms with E-state index in [0.29, 0.717) is 5.69 Å². The number of aromatic nitrogens is 1. The highest BCUT2D eigenvalue weighted by Gasteiger charge is 2.14. The van der Waals surface area contributed by atoms with Gasteiger partial charge in [0, 0.05) is 5.39 Å². The lowest BCUT2D eigenvalue weighted by atomic mass is 9.86. The van der Waals surface area contributed by atoms with Crippen molar-refractivity contribution in [3.8, 4) is 6.07 Å². The Kier molecular flexibility index (Phi) is 2.63. The lowest BCUT2D eigenvalue weighted by Crippen LogP contribution is -2.10. The molecule has 1 aromatic heterocycles. The maximum Gasteiger partial charge on any atom is 0.141 e. The Morgan fingerprint density at radius 1 is 1.18 bits per heavy atom. The molecule has 0 N–H and O–H groups in total. The van der Waals surface area contributed by atoms with Gasteiger partial charge in [-0.25, -0.2) is 4.98 Å². The third-order valence-electron chi connectivity index (χ3n) is 3.00. The molecule has 0 amide bonds. The van der Waals surface area contributed by atoms with Crippen LogP contribution in [0.1, 0.15) is 37.6 Å². The minimum absolute atomic E-state index is 0.133. The van der Waals surface area contributed by atoms with E-state index in [1.54, 1.807) is 0 Å². The minimum atomic E-state index is 0.133. The minimum Gasteiger partial charge on any atom is -0.237 e. The highest BCUT2D eigenvalue weighted by atomic mass is 14.7. The first-order valence-corrected chi connectivity index (χ1v) is 5.74. The van der Waals surface area contributed by atoms with E-state index in [0.717, 1.165) is 16.5 Å². The molecular formula is C15H16N2. The monoisotopic (exact) mass is 224 g/mol. The zero-order chi connectivity index (χ0) is 12.6. The molecule has 0 aliphatic carbocycles. The summed E-state index contributed by atoms with van der Waals surface area (Å²) in [6.07, 6.45) is 0. The van der Waals surface area contributed by atoms with E-state index in [9.17, 15) is 0 Å². The number of nitriles is 1. The number of hydrogen-bond donors (Lipinski definition) is 0. The fourth-order valence-electron chi connectivity index (χ4n) is 1.92. The van der Waals surface area contributed by atoms with Gasteiger partial charge in [-0.05, 0) is 41.7 Å². The molecule has 0 unspecified atom stereocenters. The Morgan fingerprint density at radius 3 is 2.47 bits per heavy atom. The van der Waals surface area contributed by atoms with E-state index in [1.807, 2.05) is 19.1 Å². The summed E-state index contributed by atoms with van der Waals surface area (Å²) < 4.78 is 0. The Morgan fingerprint density at radius 2 is 1.88 bits per heavy atom. The van der Waals surface area contributed by atoms with Crippen molar-refractivity contribution in [1.82, 2.24) is 4.98 Å². The van der Waals surface area contributed by atoms with Crippen LogP contribution in [0.2, 0.25) is 0 Å². The quantitative estimate of drug-likeness (QED) is 0.684. The maximum atomic E-state index is 8.89. The van der Waals surface area contributed by atoms with Crippen molar-refractivity contribution in [2.75, 3.05) is 0 Å². The van der Waals surface area contributed by atoms with Gasteiger partial charge in [0.2, 0.25) is 0 Å². The summed E-state index contributed by atoms with van der Waals surface area (Å²) >= 11 is 0. The first kappa shape index (κ1) is 11.6. The van der Waals surface area contributed by atoms with Crippen LogP contribution in [-0.4, -0.2) is 4.98 Å². The molecule has 2 rings (SSSR count). The molecule has 0 fully saturated rings. The molecule has 1 aromatic carbocycles. The first-order chi connectivity index (χ1) is 7.91. The second-order valence-corrected chi connectivity index (χ2v) is 5.42. The van der Waals surface area contributed by atoms with Crippen molar-refractivity contribution in [3.63, 3.8) is 0 Å². The molecular weight excluding hydrogens is 208 g/mol. The van der Waals surface area contributed by atoms with Gasteiger partial charge in [-0.15, -0.1) is 0 Å². The molecule has 0 aliphatic heterocycles. The molecule has 2 nitrogen and oxygen atoms in total. The highest BCUT2D eigenvalue weighted by molar-refractivity contribution is 5.83. The van der Waals surface area contributed by atoms with Crippen LogP contribution in [0.4, 0.5) is 0 Å². The summed E-state index contributed by atoms with van der Waals surface area (Å²) in [5, 5.41) is 10.0. The number of aryl methyl sites for hydroxylation is 1. The lowest BCUT2D eigenvalue weighted by Gasteiger charge is -2.19. The van der Waals surface area contributed by atoms with Crippen molar-refractivity contribution >= 4 is 10.9 Å². The predicted octanol–water partition coefficient (Wildman–Crippen LogP) is 3.71. The van der Waals surface area contributed by atoms with Gasteiger partial charge < -0.3 is 0 Å². The molecule has 0 aliphatic rings. The van der Waals surface area contributed by atoms with Crippen LogP contribution in [-0.2, 0) is 5.41 Å². The average molecular weight is 224 g/mol. The molecule has 0 radical (unpaired) electrons. The van der Waals surface area contributed by atoms with Crippen molar-refractivity contribution in [2.45, 2.75) is 33.1 Å². The Balaban J connectivity index is 2.72. The summed E-state index contributed by atoms with van der Waals surface area (Å²) in [7, 11) is 0. The van der Waals surface area contributed by atoms with E-state index in [1.165, 1.54) is 5.56 Å². The van der Waals surface area contributed by atoms with Crippen molar-refractivity contribution < 1.29 is 0 Å². The third kappa shape index (κ3) is 2.14. The molecule has 1 heterocycles. The topological polar surface area (TPSA) is 36.7 Å². The van der Waals surface area contributed by atoms with E-state index in [-0.39, 0.29) is 5.41 Å². The van der Waals surface area contributed by atoms with Gasteiger partial charge in [-0.1, -0.05) is 26.8 Å². The molecule has 0 atom stereocenters. The predicted molar refractivity (Wildman–Crippen MR) is 69.9 cm³/mol. The number of pyridine rings is 1. The van der Waals surface area contributed by atoms with Gasteiger partial charge in [-0.2, -0.15) is 5.26 Å². The van der Waals surface area contributed by atoms with E-state index < -0.39 is 0 Å². The molecule has 0 spiro atoms. The SMILES string of the molecule is Cc1cc(C#N)nc2ccc(C(C)(C)C)cc12. The number of rotatable bonds is 0. The summed E-state index contributed by atoms with van der Waals surface area (Å²) in [4.78, 5) is 4.32. The number of hydrogen-bond acceptors (Lipinski definition) is 2. The summed E-state index contributed by atoms with van der Waals surface area (Å²) in [5.41, 5.74) is 3.92. The van der Waals surface area contributed by atoms with E-state index in [2.05, 4.69) is 44.0 Å². The van der Waals surface area contributed by atoms with E-state index in [4.69, 9.17) is 5.26 Å². The Labute approximate surface area is 102 Å². The van der Waals surface area contributed by atoms with Crippen LogP contribution in [0.25, 0.3) is 10.9 Å². The summed E-state index contributed by atoms with van der Waals surface area (Å²) in [6.45, 7) is 8.61. The van der Waals surface area contributed by atoms with E-state index >= 15 is 0 Å². The third-order valence-corrected chi connectivity index (χ3v) is 3.00. The van der Waals surface area contributed by atoms with Gasteiger partial charge in [0.15, 0.2) is 0 Å². The average Bonchev–Trinajstić information content (AvgIpc) is 2.27. The summed E-state index contributed by atoms with van der Waals surface area (Å²) in [6, 6.07) is 10.2. The normalized spacial score (nSPS) is 11.5. The molecule has 17 heavy (non-hydrogen) atoms. The van der Waals surface area contributed by atoms with Crippen LogP contribution in [0.15, 0.2) is 24.3 Å². The fourth-order valence-corrected chi connectivity index (χ4v) is 1.92. The van der Waals surface area contributed by atoms with Crippen LogP contribution < -0.4 is 0 Å². The van der Waals surface area contributed by atoms with Crippen LogP contribution in [0.3, 0.4) is 0 Å². The van der Waals surface area contributed by atoms with Crippen LogP contribution >= 0.6 is 0 Å². The fraction of sp³-hybridized carbons (Fsp3) is 0.333. The smallest absolute Gasteiger partial charge is 0.141 e. The van der Waals surface area contributed by atoms with Crippen molar-refractivity contribution in [2.24, 2.45) is 0 Å². The highest BCUT2D eigenvalue weighted by Crippen LogP contribution is 2.27. The zero-order valence-electron chi connectivity index (χ0n) is 10.7. The van der Waals surface area contributed by atoms with Crippen molar-refractivity contribution in [1.29, 1.82) is 5.26 Å². The molecule has 2 aromatic rings. The second kappa shape index (κ2) is 3.85. The van der Waals surface area contributed by atoms with Crippen LogP contribution in [0.5, 0.6) is 0 Å². The van der Waals surface area contributed by atoms with Gasteiger partial charge in [0.1, 0.15) is 11.8 Å². The number of benzene rings is 1. The molecule has 0 bridgehead atoms. The molecule has 2 heteroatoms. The first-order valence-electron chi connectivity index (χ1n) is 5.74. The van der Waals surface area contributed by atoms with Crippen molar-refractivity contribution in [3.05, 3.63) is 41.1 Å². The van der Waals surface area contributed by atoms with Crippen LogP contribution in [0, 0.1) is 18.3 Å². The zero-order valence-corrected chi connectivity index (χ0v) is 10.7. The maximum absolute atomic E-state index is 8.89. The largest absolute Gasteiger partial charge is 0.237 e. The van der Waals surface area contributed by atoms with Gasteiger partial charge in [0.05, 0.1) is 5.52 Å². The molecule has 0 saturated carbocycles. The standard InChI is InChI=1S/C15H16N2/c1-10-7-12(9-16)17-14-6-5-11(8-13(10)14)15(2,3)4/h5-8H,1-4H3. The van der Waals surface area contributed by atoms with Gasteiger partial charge >= 0.3 is 0 Å². The Hall–Kier alpha value is -1.88. The number of nitrogens with zero attached hydrogens (tertiary/aromatic N) is 2. The number of fused-ring (bicyclic) bond motifs is 1.